The van der Waals surface area contributed by atoms with Crippen molar-refractivity contribution in [1.29, 1.82) is 0 Å². The fraction of sp³-hybridized carbons (Fsp3) is 0.636. The molecule has 0 radical (unpaired) electrons. The Morgan fingerprint density at radius 1 is 1.00 bits per heavy atom. The second kappa shape index (κ2) is 7.41. The Kier molecular flexibility index (Phi) is 6.62. The lowest BCUT2D eigenvalue weighted by Gasteiger charge is -2.12. The number of carbonyl (C=O) groups is 4. The van der Waals surface area contributed by atoms with Crippen molar-refractivity contribution in [3.05, 3.63) is 0 Å². The third-order valence-corrected chi connectivity index (χ3v) is 2.25. The van der Waals surface area contributed by atoms with Gasteiger partial charge in [0, 0.05) is 19.8 Å². The first-order valence-corrected chi connectivity index (χ1v) is 5.56. The van der Waals surface area contributed by atoms with E-state index in [0.717, 1.165) is 0 Å². The van der Waals surface area contributed by atoms with Gasteiger partial charge in [0.05, 0.1) is 6.04 Å². The number of Topliss-reactive ketones (excluding diaryl/α,β-unsaturated/α-hetero) is 1. The van der Waals surface area contributed by atoms with E-state index in [4.69, 9.17) is 5.11 Å². The molecular formula is C11H18N2O5. The van der Waals surface area contributed by atoms with E-state index < -0.39 is 24.0 Å². The molecule has 0 aliphatic heterocycles. The van der Waals surface area contributed by atoms with Crippen LogP contribution in [0.1, 0.15) is 33.6 Å². The minimum atomic E-state index is -1.14. The molecule has 3 N–H and O–H groups in total. The molecular weight excluding hydrogens is 240 g/mol. The second-order valence-corrected chi connectivity index (χ2v) is 4.02. The van der Waals surface area contributed by atoms with Crippen molar-refractivity contribution in [3.8, 4) is 0 Å². The van der Waals surface area contributed by atoms with Crippen LogP contribution in [0.5, 0.6) is 0 Å². The molecule has 0 rings (SSSR count). The Balaban J connectivity index is 4.02. The van der Waals surface area contributed by atoms with Gasteiger partial charge in [-0.05, 0) is 13.8 Å². The molecule has 0 fully saturated rings. The number of nitrogens with one attached hydrogen (secondary N) is 2. The summed E-state index contributed by atoms with van der Waals surface area (Å²) in [5.41, 5.74) is 0. The summed E-state index contributed by atoms with van der Waals surface area (Å²) in [5.74, 6) is -2.24. The van der Waals surface area contributed by atoms with Crippen molar-refractivity contribution in [1.82, 2.24) is 10.6 Å². The van der Waals surface area contributed by atoms with Crippen LogP contribution in [-0.2, 0) is 19.2 Å². The highest BCUT2D eigenvalue weighted by Crippen LogP contribution is 1.97. The average Bonchev–Trinajstić information content (AvgIpc) is 2.24. The van der Waals surface area contributed by atoms with Crippen molar-refractivity contribution >= 4 is 23.6 Å². The van der Waals surface area contributed by atoms with E-state index in [1.165, 1.54) is 20.8 Å². The van der Waals surface area contributed by atoms with Crippen LogP contribution in [0, 0.1) is 0 Å². The lowest BCUT2D eigenvalue weighted by Crippen LogP contribution is -2.40. The van der Waals surface area contributed by atoms with Crippen molar-refractivity contribution in [2.75, 3.05) is 0 Å². The van der Waals surface area contributed by atoms with E-state index in [0.29, 0.717) is 0 Å². The summed E-state index contributed by atoms with van der Waals surface area (Å²) >= 11 is 0. The zero-order valence-electron chi connectivity index (χ0n) is 10.6. The van der Waals surface area contributed by atoms with Gasteiger partial charge in [-0.2, -0.15) is 0 Å². The van der Waals surface area contributed by atoms with Gasteiger partial charge in [0.15, 0.2) is 5.78 Å². The molecule has 0 spiro atoms. The number of carboxylic acids is 1. The Morgan fingerprint density at radius 3 is 2.00 bits per heavy atom. The number of aliphatic carboxylic acids is 1. The van der Waals surface area contributed by atoms with Gasteiger partial charge in [-0.3, -0.25) is 19.2 Å². The van der Waals surface area contributed by atoms with Gasteiger partial charge in [0.25, 0.3) is 0 Å². The number of hydrogen-bond donors (Lipinski definition) is 3. The molecule has 0 aliphatic rings. The molecule has 0 unspecified atom stereocenters. The standard InChI is InChI=1S/C11H18N2O5/c1-6(12-8(3)14)9(15)4-5-10(16)13-7(2)11(17)18/h6-7H,4-5H2,1-3H3,(H,12,14)(H,13,16)(H,17,18)/t6-,7-/m0/s1. The van der Waals surface area contributed by atoms with Crippen LogP contribution < -0.4 is 10.6 Å². The summed E-state index contributed by atoms with van der Waals surface area (Å²) in [7, 11) is 0. The monoisotopic (exact) mass is 258 g/mol. The number of carboxylic acid groups (broad SMARTS) is 1. The summed E-state index contributed by atoms with van der Waals surface area (Å²) in [6.07, 6.45) is -0.139. The molecule has 0 heterocycles. The molecule has 7 nitrogen and oxygen atoms in total. The molecule has 2 amide bonds. The second-order valence-electron chi connectivity index (χ2n) is 4.02. The minimum absolute atomic E-state index is 0.0420. The van der Waals surface area contributed by atoms with Gasteiger partial charge in [0.2, 0.25) is 11.8 Å². The Labute approximate surface area is 105 Å². The predicted molar refractivity (Wildman–Crippen MR) is 62.8 cm³/mol. The highest BCUT2D eigenvalue weighted by Gasteiger charge is 2.17. The number of carbonyl (C=O) groups excluding carboxylic acids is 3. The van der Waals surface area contributed by atoms with E-state index in [9.17, 15) is 19.2 Å². The zero-order valence-corrected chi connectivity index (χ0v) is 10.6. The van der Waals surface area contributed by atoms with E-state index >= 15 is 0 Å². The molecule has 18 heavy (non-hydrogen) atoms. The number of ketones is 1. The van der Waals surface area contributed by atoms with Crippen molar-refractivity contribution in [3.63, 3.8) is 0 Å². The first-order valence-electron chi connectivity index (χ1n) is 5.56. The maximum absolute atomic E-state index is 11.5. The van der Waals surface area contributed by atoms with Gasteiger partial charge >= 0.3 is 5.97 Å². The molecule has 0 aromatic rings. The van der Waals surface area contributed by atoms with Gasteiger partial charge in [-0.25, -0.2) is 0 Å². The SMILES string of the molecule is CC(=O)N[C@@H](C)C(=O)CCC(=O)N[C@@H](C)C(=O)O. The normalized spacial score (nSPS) is 13.3. The van der Waals surface area contributed by atoms with Crippen LogP contribution in [0.25, 0.3) is 0 Å². The van der Waals surface area contributed by atoms with Crippen LogP contribution in [0.2, 0.25) is 0 Å². The largest absolute Gasteiger partial charge is 0.480 e. The van der Waals surface area contributed by atoms with Crippen LogP contribution in [0.3, 0.4) is 0 Å². The van der Waals surface area contributed by atoms with Crippen molar-refractivity contribution in [2.45, 2.75) is 45.7 Å². The summed E-state index contributed by atoms with van der Waals surface area (Å²) in [4.78, 5) is 44.0. The molecule has 0 bridgehead atoms. The van der Waals surface area contributed by atoms with Crippen LogP contribution in [-0.4, -0.2) is 40.8 Å². The molecule has 2 atom stereocenters. The third kappa shape index (κ3) is 6.62. The fourth-order valence-corrected chi connectivity index (χ4v) is 1.21. The van der Waals surface area contributed by atoms with E-state index in [-0.39, 0.29) is 24.5 Å². The van der Waals surface area contributed by atoms with Crippen molar-refractivity contribution < 1.29 is 24.3 Å². The molecule has 0 aliphatic carbocycles. The summed E-state index contributed by atoms with van der Waals surface area (Å²) in [5, 5.41) is 13.2. The topological polar surface area (TPSA) is 113 Å². The van der Waals surface area contributed by atoms with Gasteiger partial charge in [0.1, 0.15) is 6.04 Å². The van der Waals surface area contributed by atoms with Gasteiger partial charge < -0.3 is 15.7 Å². The number of amides is 2. The third-order valence-electron chi connectivity index (χ3n) is 2.25. The van der Waals surface area contributed by atoms with E-state index in [1.54, 1.807) is 0 Å². The maximum atomic E-state index is 11.5. The quantitative estimate of drug-likeness (QED) is 0.567. The van der Waals surface area contributed by atoms with E-state index in [1.807, 2.05) is 0 Å². The molecule has 102 valence electrons. The summed E-state index contributed by atoms with van der Waals surface area (Å²) < 4.78 is 0. The fourth-order valence-electron chi connectivity index (χ4n) is 1.21. The Bertz CT molecular complexity index is 353. The maximum Gasteiger partial charge on any atom is 0.325 e. The molecule has 7 heteroatoms. The highest BCUT2D eigenvalue weighted by molar-refractivity contribution is 5.91. The number of rotatable bonds is 7. The predicted octanol–water partition coefficient (Wildman–Crippen LogP) is -0.550. The first kappa shape index (κ1) is 16.1. The average molecular weight is 258 g/mol. The molecule has 0 aromatic heterocycles. The van der Waals surface area contributed by atoms with Crippen molar-refractivity contribution in [2.24, 2.45) is 0 Å². The number of hydrogen-bond acceptors (Lipinski definition) is 4. The summed E-state index contributed by atoms with van der Waals surface area (Å²) in [6, 6.07) is -1.63. The Morgan fingerprint density at radius 2 is 1.56 bits per heavy atom. The lowest BCUT2D eigenvalue weighted by atomic mass is 10.1. The molecule has 0 saturated heterocycles. The van der Waals surface area contributed by atoms with Crippen LogP contribution in [0.15, 0.2) is 0 Å². The van der Waals surface area contributed by atoms with Gasteiger partial charge in [-0.1, -0.05) is 0 Å². The molecule has 0 saturated carbocycles. The highest BCUT2D eigenvalue weighted by atomic mass is 16.4. The first-order chi connectivity index (χ1) is 8.23. The summed E-state index contributed by atoms with van der Waals surface area (Å²) in [6.45, 7) is 4.16. The van der Waals surface area contributed by atoms with Crippen LogP contribution in [0.4, 0.5) is 0 Å². The van der Waals surface area contributed by atoms with Crippen LogP contribution >= 0.6 is 0 Å². The minimum Gasteiger partial charge on any atom is -0.480 e. The molecule has 0 aromatic carbocycles. The lowest BCUT2D eigenvalue weighted by molar-refractivity contribution is -0.141. The van der Waals surface area contributed by atoms with E-state index in [2.05, 4.69) is 10.6 Å². The smallest absolute Gasteiger partial charge is 0.325 e. The Hall–Kier alpha value is -1.92. The van der Waals surface area contributed by atoms with Gasteiger partial charge in [-0.15, -0.1) is 0 Å². The zero-order chi connectivity index (χ0) is 14.3.